The third-order valence-electron chi connectivity index (χ3n) is 3.65. The van der Waals surface area contributed by atoms with Gasteiger partial charge in [-0.3, -0.25) is 4.79 Å². The fraction of sp³-hybridized carbons (Fsp3) is 0.692. The van der Waals surface area contributed by atoms with Crippen molar-refractivity contribution in [2.75, 3.05) is 0 Å². The zero-order valence-corrected chi connectivity index (χ0v) is 14.3. The standard InChI is InChI=1S/C13H21N3OS.2ClH/c1-9-8-18-11(16-9)7-15-12(17)10-5-3-4-6-13(10,2)14;;/h8,10H,3-7,14H2,1-2H3,(H,15,17);2*1H. The first-order chi connectivity index (χ1) is 8.49. The van der Waals surface area contributed by atoms with E-state index in [-0.39, 0.29) is 42.2 Å². The molecule has 1 aliphatic rings. The highest BCUT2D eigenvalue weighted by Gasteiger charge is 2.37. The Labute approximate surface area is 136 Å². The summed E-state index contributed by atoms with van der Waals surface area (Å²) in [5, 5.41) is 5.92. The highest BCUT2D eigenvalue weighted by atomic mass is 35.5. The molecule has 1 aliphatic carbocycles. The lowest BCUT2D eigenvalue weighted by atomic mass is 9.74. The normalized spacial score (nSPS) is 25.2. The molecule has 116 valence electrons. The van der Waals surface area contributed by atoms with Gasteiger partial charge in [0.1, 0.15) is 5.01 Å². The first kappa shape index (κ1) is 19.6. The Kier molecular flexibility index (Phi) is 8.03. The number of nitrogens with one attached hydrogen (secondary N) is 1. The quantitative estimate of drug-likeness (QED) is 0.889. The number of aromatic nitrogens is 1. The van der Waals surface area contributed by atoms with E-state index in [0.29, 0.717) is 6.54 Å². The number of thiazole rings is 1. The molecule has 1 heterocycles. The maximum Gasteiger partial charge on any atom is 0.225 e. The van der Waals surface area contributed by atoms with Crippen LogP contribution in [0.2, 0.25) is 0 Å². The molecule has 1 aromatic heterocycles. The van der Waals surface area contributed by atoms with Gasteiger partial charge in [-0.05, 0) is 26.7 Å². The lowest BCUT2D eigenvalue weighted by Gasteiger charge is -2.37. The minimum atomic E-state index is -0.360. The number of hydrogen-bond donors (Lipinski definition) is 2. The number of hydrogen-bond acceptors (Lipinski definition) is 4. The lowest BCUT2D eigenvalue weighted by Crippen LogP contribution is -2.52. The van der Waals surface area contributed by atoms with Crippen LogP contribution in [0.5, 0.6) is 0 Å². The molecule has 0 radical (unpaired) electrons. The van der Waals surface area contributed by atoms with Gasteiger partial charge in [-0.2, -0.15) is 0 Å². The Morgan fingerprint density at radius 1 is 1.55 bits per heavy atom. The maximum absolute atomic E-state index is 12.2. The fourth-order valence-corrected chi connectivity index (χ4v) is 3.27. The van der Waals surface area contributed by atoms with Crippen molar-refractivity contribution < 1.29 is 4.79 Å². The Hall–Kier alpha value is -0.360. The van der Waals surface area contributed by atoms with Crippen LogP contribution in [0.15, 0.2) is 5.38 Å². The topological polar surface area (TPSA) is 68.0 Å². The molecule has 3 N–H and O–H groups in total. The van der Waals surface area contributed by atoms with Gasteiger partial charge in [0.05, 0.1) is 12.5 Å². The first-order valence-corrected chi connectivity index (χ1v) is 7.34. The van der Waals surface area contributed by atoms with Crippen molar-refractivity contribution in [1.82, 2.24) is 10.3 Å². The summed E-state index contributed by atoms with van der Waals surface area (Å²) < 4.78 is 0. The predicted octanol–water partition coefficient (Wildman–Crippen LogP) is 2.82. The van der Waals surface area contributed by atoms with E-state index in [1.807, 2.05) is 19.2 Å². The number of carbonyl (C=O) groups excluding carboxylic acids is 1. The van der Waals surface area contributed by atoms with Crippen LogP contribution >= 0.6 is 36.2 Å². The van der Waals surface area contributed by atoms with Gasteiger partial charge in [0, 0.05) is 16.6 Å². The van der Waals surface area contributed by atoms with E-state index in [4.69, 9.17) is 5.73 Å². The molecule has 0 spiro atoms. The molecule has 20 heavy (non-hydrogen) atoms. The van der Waals surface area contributed by atoms with Gasteiger partial charge in [0.2, 0.25) is 5.91 Å². The zero-order valence-electron chi connectivity index (χ0n) is 11.8. The van der Waals surface area contributed by atoms with Crippen LogP contribution in [0.4, 0.5) is 0 Å². The van der Waals surface area contributed by atoms with Crippen LogP contribution in [0, 0.1) is 12.8 Å². The zero-order chi connectivity index (χ0) is 13.2. The van der Waals surface area contributed by atoms with Gasteiger partial charge in [-0.25, -0.2) is 4.98 Å². The van der Waals surface area contributed by atoms with E-state index in [2.05, 4.69) is 10.3 Å². The van der Waals surface area contributed by atoms with Gasteiger partial charge < -0.3 is 11.1 Å². The molecule has 0 aliphatic heterocycles. The molecule has 1 saturated carbocycles. The smallest absolute Gasteiger partial charge is 0.225 e. The van der Waals surface area contributed by atoms with Crippen LogP contribution in [-0.4, -0.2) is 16.4 Å². The number of amides is 1. The van der Waals surface area contributed by atoms with Crippen molar-refractivity contribution in [1.29, 1.82) is 0 Å². The third kappa shape index (κ3) is 4.88. The molecule has 2 unspecified atom stereocenters. The van der Waals surface area contributed by atoms with Crippen LogP contribution in [0.1, 0.15) is 43.3 Å². The molecule has 1 amide bonds. The summed E-state index contributed by atoms with van der Waals surface area (Å²) in [7, 11) is 0. The van der Waals surface area contributed by atoms with Crippen molar-refractivity contribution in [3.8, 4) is 0 Å². The van der Waals surface area contributed by atoms with E-state index < -0.39 is 0 Å². The number of rotatable bonds is 3. The minimum absolute atomic E-state index is 0. The molecular formula is C13H23Cl2N3OS. The number of aryl methyl sites for hydroxylation is 1. The van der Waals surface area contributed by atoms with Gasteiger partial charge in [-0.1, -0.05) is 12.8 Å². The molecule has 1 fully saturated rings. The van der Waals surface area contributed by atoms with Crippen molar-refractivity contribution in [2.24, 2.45) is 11.7 Å². The minimum Gasteiger partial charge on any atom is -0.349 e. The van der Waals surface area contributed by atoms with Crippen LogP contribution < -0.4 is 11.1 Å². The largest absolute Gasteiger partial charge is 0.349 e. The van der Waals surface area contributed by atoms with Crippen molar-refractivity contribution >= 4 is 42.1 Å². The van der Waals surface area contributed by atoms with Crippen molar-refractivity contribution in [3.05, 3.63) is 16.1 Å². The Balaban J connectivity index is 0.00000180. The molecule has 1 aromatic rings. The van der Waals surface area contributed by atoms with Gasteiger partial charge >= 0.3 is 0 Å². The Morgan fingerprint density at radius 2 is 2.25 bits per heavy atom. The molecule has 2 rings (SSSR count). The molecule has 7 heteroatoms. The summed E-state index contributed by atoms with van der Waals surface area (Å²) in [6.45, 7) is 4.47. The average Bonchev–Trinajstić information content (AvgIpc) is 2.71. The van der Waals surface area contributed by atoms with Crippen molar-refractivity contribution in [3.63, 3.8) is 0 Å². The SMILES string of the molecule is Cc1csc(CNC(=O)C2CCCCC2(C)N)n1.Cl.Cl. The molecular weight excluding hydrogens is 317 g/mol. The predicted molar refractivity (Wildman–Crippen MR) is 87.7 cm³/mol. The summed E-state index contributed by atoms with van der Waals surface area (Å²) in [4.78, 5) is 16.5. The van der Waals surface area contributed by atoms with E-state index in [1.54, 1.807) is 11.3 Å². The number of halogens is 2. The number of nitrogens with zero attached hydrogens (tertiary/aromatic N) is 1. The summed E-state index contributed by atoms with van der Waals surface area (Å²) >= 11 is 1.58. The molecule has 0 aromatic carbocycles. The maximum atomic E-state index is 12.2. The summed E-state index contributed by atoms with van der Waals surface area (Å²) in [5.41, 5.74) is 6.87. The third-order valence-corrected chi connectivity index (χ3v) is 4.62. The van der Waals surface area contributed by atoms with E-state index in [9.17, 15) is 4.79 Å². The second-order valence-corrected chi connectivity index (χ2v) is 6.35. The van der Waals surface area contributed by atoms with E-state index in [0.717, 1.165) is 36.4 Å². The monoisotopic (exact) mass is 339 g/mol. The second kappa shape index (κ2) is 8.17. The Bertz CT molecular complexity index is 437. The fourth-order valence-electron chi connectivity index (χ4n) is 2.56. The van der Waals surface area contributed by atoms with E-state index >= 15 is 0 Å². The molecule has 4 nitrogen and oxygen atoms in total. The van der Waals surface area contributed by atoms with Crippen LogP contribution in [-0.2, 0) is 11.3 Å². The van der Waals surface area contributed by atoms with Gasteiger partial charge in [0.25, 0.3) is 0 Å². The van der Waals surface area contributed by atoms with Gasteiger partial charge in [-0.15, -0.1) is 36.2 Å². The molecule has 2 atom stereocenters. The highest BCUT2D eigenvalue weighted by molar-refractivity contribution is 7.09. The van der Waals surface area contributed by atoms with Crippen LogP contribution in [0.3, 0.4) is 0 Å². The number of carbonyl (C=O) groups is 1. The van der Waals surface area contributed by atoms with Gasteiger partial charge in [0.15, 0.2) is 0 Å². The summed E-state index contributed by atoms with van der Waals surface area (Å²) in [6.07, 6.45) is 4.06. The second-order valence-electron chi connectivity index (χ2n) is 5.40. The lowest BCUT2D eigenvalue weighted by molar-refractivity contribution is -0.128. The Morgan fingerprint density at radius 3 is 2.80 bits per heavy atom. The number of nitrogens with two attached hydrogens (primary N) is 1. The van der Waals surface area contributed by atoms with E-state index in [1.165, 1.54) is 0 Å². The van der Waals surface area contributed by atoms with Crippen molar-refractivity contribution in [2.45, 2.75) is 51.6 Å². The average molecular weight is 340 g/mol. The molecule has 0 saturated heterocycles. The molecule has 0 bridgehead atoms. The summed E-state index contributed by atoms with van der Waals surface area (Å²) in [6, 6.07) is 0. The first-order valence-electron chi connectivity index (χ1n) is 6.46. The highest BCUT2D eigenvalue weighted by Crippen LogP contribution is 2.31. The summed E-state index contributed by atoms with van der Waals surface area (Å²) in [5.74, 6) is 0.0138. The van der Waals surface area contributed by atoms with Crippen LogP contribution in [0.25, 0.3) is 0 Å².